The van der Waals surface area contributed by atoms with Gasteiger partial charge in [-0.05, 0) is 50.8 Å². The number of alkyl halides is 5. The number of aliphatic carboxylic acids is 1. The molecule has 2 aromatic rings. The van der Waals surface area contributed by atoms with Gasteiger partial charge in [0.25, 0.3) is 5.91 Å². The Balaban J connectivity index is 0.000000479. The highest BCUT2D eigenvalue weighted by molar-refractivity contribution is 5.95. The summed E-state index contributed by atoms with van der Waals surface area (Å²) in [4.78, 5) is 30.2. The number of aromatic nitrogens is 2. The minimum Gasteiger partial charge on any atom is -0.475 e. The Bertz CT molecular complexity index is 1140. The second-order valence-corrected chi connectivity index (χ2v) is 8.27. The van der Waals surface area contributed by atoms with Gasteiger partial charge < -0.3 is 30.5 Å². The van der Waals surface area contributed by atoms with E-state index in [1.165, 1.54) is 18.2 Å². The predicted molar refractivity (Wildman–Crippen MR) is 120 cm³/mol. The number of ether oxygens (including phenoxy) is 2. The number of anilines is 2. The molecule has 1 fully saturated rings. The van der Waals surface area contributed by atoms with Crippen LogP contribution in [0.25, 0.3) is 0 Å². The van der Waals surface area contributed by atoms with Crippen LogP contribution < -0.4 is 25.4 Å². The number of amides is 1. The summed E-state index contributed by atoms with van der Waals surface area (Å²) in [5, 5.41) is 16.5. The van der Waals surface area contributed by atoms with Crippen molar-refractivity contribution >= 4 is 23.6 Å². The number of nitrogens with one attached hydrogen (secondary N) is 3. The van der Waals surface area contributed by atoms with E-state index in [-0.39, 0.29) is 35.1 Å². The molecule has 1 aliphatic heterocycles. The van der Waals surface area contributed by atoms with Crippen LogP contribution in [0.1, 0.15) is 41.7 Å². The molecule has 0 bridgehead atoms. The fourth-order valence-corrected chi connectivity index (χ4v) is 3.68. The molecule has 2 heterocycles. The maximum atomic E-state index is 13.1. The minimum absolute atomic E-state index is 0.00807. The summed E-state index contributed by atoms with van der Waals surface area (Å²) in [6.07, 6.45) is -5.50. The lowest BCUT2D eigenvalue weighted by Crippen LogP contribution is -2.40. The van der Waals surface area contributed by atoms with Crippen LogP contribution in [0.4, 0.5) is 33.7 Å². The molecular weight excluding hydrogens is 509 g/mol. The Hall–Kier alpha value is -3.91. The molecule has 10 nitrogen and oxygen atoms in total. The van der Waals surface area contributed by atoms with Gasteiger partial charge in [-0.3, -0.25) is 4.79 Å². The molecule has 4 N–H and O–H groups in total. The first kappa shape index (κ1) is 27.7. The molecule has 0 saturated heterocycles. The van der Waals surface area contributed by atoms with Crippen molar-refractivity contribution in [2.75, 3.05) is 17.7 Å². The molecule has 0 spiro atoms. The summed E-state index contributed by atoms with van der Waals surface area (Å²) in [6.45, 7) is 1.91. The lowest BCUT2D eigenvalue weighted by molar-refractivity contribution is -0.286. The molecule has 1 aromatic heterocycles. The van der Waals surface area contributed by atoms with Gasteiger partial charge in [0, 0.05) is 36.5 Å². The molecule has 202 valence electrons. The van der Waals surface area contributed by atoms with E-state index in [1.54, 1.807) is 0 Å². The number of carboxylic acid groups (broad SMARTS) is 1. The van der Waals surface area contributed by atoms with Crippen molar-refractivity contribution in [1.29, 1.82) is 0 Å². The first-order valence-corrected chi connectivity index (χ1v) is 11.1. The molecule has 1 aromatic carbocycles. The monoisotopic (exact) mass is 533 g/mol. The van der Waals surface area contributed by atoms with Crippen molar-refractivity contribution in [2.24, 2.45) is 0 Å². The average Bonchev–Trinajstić information content (AvgIpc) is 3.12. The molecule has 4 rings (SSSR count). The highest BCUT2D eigenvalue weighted by Crippen LogP contribution is 2.41. The third-order valence-electron chi connectivity index (χ3n) is 5.41. The number of benzene rings is 1. The number of carboxylic acids is 1. The minimum atomic E-state index is -5.08. The van der Waals surface area contributed by atoms with Gasteiger partial charge >= 0.3 is 18.4 Å². The van der Waals surface area contributed by atoms with Crippen LogP contribution >= 0.6 is 0 Å². The van der Waals surface area contributed by atoms with Crippen LogP contribution in [0.3, 0.4) is 0 Å². The van der Waals surface area contributed by atoms with Crippen molar-refractivity contribution in [3.63, 3.8) is 0 Å². The number of aryl methyl sites for hydroxylation is 1. The zero-order chi connectivity index (χ0) is 27.4. The Morgan fingerprint density at radius 3 is 2.22 bits per heavy atom. The van der Waals surface area contributed by atoms with Gasteiger partial charge in [0.05, 0.1) is 0 Å². The van der Waals surface area contributed by atoms with Crippen molar-refractivity contribution < 1.29 is 46.1 Å². The Morgan fingerprint density at radius 2 is 1.62 bits per heavy atom. The van der Waals surface area contributed by atoms with Gasteiger partial charge in [-0.2, -0.15) is 18.2 Å². The number of carbonyl (C=O) groups excluding carboxylic acids is 1. The second-order valence-electron chi connectivity index (χ2n) is 8.27. The third-order valence-corrected chi connectivity index (χ3v) is 5.41. The van der Waals surface area contributed by atoms with Crippen LogP contribution in [-0.4, -0.2) is 58.6 Å². The van der Waals surface area contributed by atoms with E-state index in [0.29, 0.717) is 5.95 Å². The lowest BCUT2D eigenvalue weighted by atomic mass is 9.91. The summed E-state index contributed by atoms with van der Waals surface area (Å²) < 4.78 is 66.8. The zero-order valence-corrected chi connectivity index (χ0v) is 19.7. The van der Waals surface area contributed by atoms with Crippen LogP contribution in [0, 0.1) is 6.92 Å². The van der Waals surface area contributed by atoms with E-state index < -0.39 is 18.4 Å². The van der Waals surface area contributed by atoms with Gasteiger partial charge in [0.2, 0.25) is 5.95 Å². The molecule has 1 saturated carbocycles. The van der Waals surface area contributed by atoms with Crippen LogP contribution in [0.5, 0.6) is 11.5 Å². The average molecular weight is 533 g/mol. The topological polar surface area (TPSA) is 135 Å². The lowest BCUT2D eigenvalue weighted by Gasteiger charge is -2.29. The van der Waals surface area contributed by atoms with E-state index in [9.17, 15) is 26.7 Å². The maximum absolute atomic E-state index is 13.1. The molecule has 0 unspecified atom stereocenters. The largest absolute Gasteiger partial charge is 0.586 e. The molecule has 37 heavy (non-hydrogen) atoms. The molecule has 0 atom stereocenters. The smallest absolute Gasteiger partial charge is 0.475 e. The summed E-state index contributed by atoms with van der Waals surface area (Å²) in [7, 11) is 1.81. The Morgan fingerprint density at radius 1 is 1.03 bits per heavy atom. The Kier molecular flexibility index (Phi) is 8.23. The third kappa shape index (κ3) is 7.79. The van der Waals surface area contributed by atoms with Crippen LogP contribution in [0.2, 0.25) is 0 Å². The number of rotatable bonds is 5. The maximum Gasteiger partial charge on any atom is 0.586 e. The Labute approximate surface area is 207 Å². The highest BCUT2D eigenvalue weighted by Gasteiger charge is 2.43. The molecule has 1 aliphatic carbocycles. The number of nitrogens with zero attached hydrogens (tertiary/aromatic N) is 2. The van der Waals surface area contributed by atoms with Crippen LogP contribution in [-0.2, 0) is 4.79 Å². The SMILES string of the molecule is CNc1cc(C)nc(NC2CCC(NC(=O)c3ccc4c(c3)OC(F)(F)O4)CC2)n1.O=C(O)C(F)(F)F. The van der Waals surface area contributed by atoms with E-state index in [1.807, 2.05) is 20.0 Å². The molecule has 1 amide bonds. The van der Waals surface area contributed by atoms with Gasteiger partial charge in [-0.25, -0.2) is 9.78 Å². The fourth-order valence-electron chi connectivity index (χ4n) is 3.68. The summed E-state index contributed by atoms with van der Waals surface area (Å²) in [5.41, 5.74) is 1.13. The normalized spacial score (nSPS) is 19.8. The first-order valence-electron chi connectivity index (χ1n) is 11.1. The first-order chi connectivity index (χ1) is 17.3. The molecular formula is C22H24F5N5O5. The van der Waals surface area contributed by atoms with Crippen LogP contribution in [0.15, 0.2) is 24.3 Å². The van der Waals surface area contributed by atoms with Crippen molar-refractivity contribution in [3.05, 3.63) is 35.5 Å². The van der Waals surface area contributed by atoms with E-state index in [0.717, 1.165) is 37.2 Å². The zero-order valence-electron chi connectivity index (χ0n) is 19.7. The predicted octanol–water partition coefficient (Wildman–Crippen LogP) is 3.93. The van der Waals surface area contributed by atoms with Crippen molar-refractivity contribution in [3.8, 4) is 11.5 Å². The molecule has 15 heteroatoms. The van der Waals surface area contributed by atoms with Crippen molar-refractivity contribution in [1.82, 2.24) is 15.3 Å². The van der Waals surface area contributed by atoms with Gasteiger partial charge in [0.15, 0.2) is 11.5 Å². The van der Waals surface area contributed by atoms with Gasteiger partial charge in [0.1, 0.15) is 5.82 Å². The molecule has 2 aliphatic rings. The summed E-state index contributed by atoms with van der Waals surface area (Å²) >= 11 is 0. The summed E-state index contributed by atoms with van der Waals surface area (Å²) in [5.74, 6) is -1.96. The van der Waals surface area contributed by atoms with E-state index in [4.69, 9.17) is 9.90 Å². The summed E-state index contributed by atoms with van der Waals surface area (Å²) in [6, 6.07) is 6.13. The standard InChI is InChI=1S/C20H23F2N5O3.C2HF3O2/c1-11-9-17(23-2)27-19(24-11)26-14-6-4-13(5-7-14)25-18(28)12-3-8-15-16(10-12)30-20(21,22)29-15;3-2(4,5)1(6)7/h3,8-10,13-14H,4-7H2,1-2H3,(H,25,28)(H2,23,24,26,27);(H,6,7). The fraction of sp³-hybridized carbons (Fsp3) is 0.455. The van der Waals surface area contributed by atoms with Gasteiger partial charge in [-0.15, -0.1) is 8.78 Å². The van der Waals surface area contributed by atoms with Crippen molar-refractivity contribution in [2.45, 2.75) is 57.2 Å². The van der Waals surface area contributed by atoms with E-state index in [2.05, 4.69) is 35.4 Å². The number of halogens is 5. The second kappa shape index (κ2) is 11.0. The van der Waals surface area contributed by atoms with E-state index >= 15 is 0 Å². The van der Waals surface area contributed by atoms with Gasteiger partial charge in [-0.1, -0.05) is 0 Å². The molecule has 0 radical (unpaired) electrons. The quantitative estimate of drug-likeness (QED) is 0.422. The number of carbonyl (C=O) groups is 2. The number of fused-ring (bicyclic) bond motifs is 1. The highest BCUT2D eigenvalue weighted by atomic mass is 19.4. The number of hydrogen-bond donors (Lipinski definition) is 4. The number of hydrogen-bond acceptors (Lipinski definition) is 8.